The number of fused-ring (bicyclic) bond motifs is 1. The molecule has 0 radical (unpaired) electrons. The predicted octanol–water partition coefficient (Wildman–Crippen LogP) is 1.14. The first-order chi connectivity index (χ1) is 12.1. The number of nitrogens with one attached hydrogen (secondary N) is 1. The normalized spacial score (nSPS) is 10.6. The van der Waals surface area contributed by atoms with Crippen molar-refractivity contribution in [1.29, 1.82) is 0 Å². The van der Waals surface area contributed by atoms with Crippen molar-refractivity contribution in [1.82, 2.24) is 14.9 Å². The maximum Gasteiger partial charge on any atom is 0.413 e. The van der Waals surface area contributed by atoms with E-state index in [2.05, 4.69) is 15.0 Å². The van der Waals surface area contributed by atoms with Gasteiger partial charge in [-0.25, -0.2) is 9.78 Å². The van der Waals surface area contributed by atoms with Gasteiger partial charge in [0.2, 0.25) is 5.91 Å². The Kier molecular flexibility index (Phi) is 6.96. The number of aliphatic hydroxyl groups is 1. The Labute approximate surface area is 148 Å². The van der Waals surface area contributed by atoms with Crippen LogP contribution in [0.25, 0.3) is 10.9 Å². The van der Waals surface area contributed by atoms with Crippen molar-refractivity contribution in [3.05, 3.63) is 34.6 Å². The highest BCUT2D eigenvalue weighted by Crippen LogP contribution is 2.18. The van der Waals surface area contributed by atoms with Crippen LogP contribution in [-0.4, -0.2) is 45.6 Å². The Morgan fingerprint density at radius 1 is 1.36 bits per heavy atom. The summed E-state index contributed by atoms with van der Waals surface area (Å²) in [6.07, 6.45) is -0.417. The first-order valence-corrected chi connectivity index (χ1v) is 8.75. The third kappa shape index (κ3) is 5.04. The number of thioether (sulfide) groups is 1. The van der Waals surface area contributed by atoms with E-state index in [-0.39, 0.29) is 31.1 Å². The summed E-state index contributed by atoms with van der Waals surface area (Å²) in [4.78, 5) is 40.1. The zero-order chi connectivity index (χ0) is 18.2. The number of carbonyl (C=O) groups is 2. The predicted molar refractivity (Wildman–Crippen MR) is 93.6 cm³/mol. The number of aliphatic hydroxyl groups excluding tert-OH is 1. The lowest BCUT2D eigenvalue weighted by Crippen LogP contribution is -2.32. The average Bonchev–Trinajstić information content (AvgIpc) is 2.59. The van der Waals surface area contributed by atoms with Gasteiger partial charge < -0.3 is 9.84 Å². The van der Waals surface area contributed by atoms with Gasteiger partial charge in [0, 0.05) is 13.2 Å². The molecule has 2 rings (SSSR count). The fraction of sp³-hybridized carbons (Fsp3) is 0.375. The molecule has 0 bridgehead atoms. The minimum absolute atomic E-state index is 0.0628. The van der Waals surface area contributed by atoms with Gasteiger partial charge in [0.05, 0.1) is 23.3 Å². The van der Waals surface area contributed by atoms with Crippen molar-refractivity contribution in [2.45, 2.75) is 25.0 Å². The topological polar surface area (TPSA) is 111 Å². The number of aromatic nitrogens is 2. The number of alkyl carbamates (subject to hydrolysis) is 1. The molecule has 0 fully saturated rings. The third-order valence-corrected chi connectivity index (χ3v) is 4.19. The number of ether oxygens (including phenoxy) is 1. The van der Waals surface area contributed by atoms with Gasteiger partial charge in [-0.3, -0.25) is 19.5 Å². The quantitative estimate of drug-likeness (QED) is 0.559. The summed E-state index contributed by atoms with van der Waals surface area (Å²) >= 11 is 1.05. The van der Waals surface area contributed by atoms with E-state index in [1.165, 1.54) is 4.57 Å². The fourth-order valence-electron chi connectivity index (χ4n) is 2.13. The Morgan fingerprint density at radius 3 is 2.84 bits per heavy atom. The van der Waals surface area contributed by atoms with Crippen LogP contribution >= 0.6 is 11.8 Å². The molecule has 1 heterocycles. The highest BCUT2D eigenvalue weighted by Gasteiger charge is 2.14. The molecule has 1 aromatic carbocycles. The van der Waals surface area contributed by atoms with Crippen molar-refractivity contribution in [2.24, 2.45) is 0 Å². The summed E-state index contributed by atoms with van der Waals surface area (Å²) in [5.74, 6) is -0.637. The largest absolute Gasteiger partial charge is 0.450 e. The second-order valence-corrected chi connectivity index (χ2v) is 5.95. The second-order valence-electron chi connectivity index (χ2n) is 5.00. The maximum absolute atomic E-state index is 12.6. The number of hydrogen-bond acceptors (Lipinski definition) is 7. The summed E-state index contributed by atoms with van der Waals surface area (Å²) in [6.45, 7) is 2.03. The zero-order valence-corrected chi connectivity index (χ0v) is 14.5. The molecular weight excluding hydrogens is 346 g/mol. The molecule has 1 aromatic heterocycles. The molecule has 2 amide bonds. The van der Waals surface area contributed by atoms with Gasteiger partial charge in [-0.1, -0.05) is 23.9 Å². The van der Waals surface area contributed by atoms with Crippen LogP contribution < -0.4 is 10.9 Å². The summed E-state index contributed by atoms with van der Waals surface area (Å²) < 4.78 is 6.07. The number of hydrogen-bond donors (Lipinski definition) is 2. The van der Waals surface area contributed by atoms with Crippen LogP contribution in [0, 0.1) is 0 Å². The zero-order valence-electron chi connectivity index (χ0n) is 13.7. The molecule has 25 heavy (non-hydrogen) atoms. The lowest BCUT2D eigenvalue weighted by atomic mass is 10.2. The van der Waals surface area contributed by atoms with Crippen LogP contribution in [0.1, 0.15) is 13.3 Å². The Balaban J connectivity index is 2.22. The van der Waals surface area contributed by atoms with E-state index in [9.17, 15) is 14.4 Å². The molecular formula is C16H19N3O5S. The number of amides is 2. The number of nitrogens with zero attached hydrogens (tertiary/aromatic N) is 2. The fourth-order valence-corrected chi connectivity index (χ4v) is 2.96. The third-order valence-electron chi connectivity index (χ3n) is 3.22. The molecule has 2 aromatic rings. The summed E-state index contributed by atoms with van der Waals surface area (Å²) in [5, 5.41) is 12.0. The van der Waals surface area contributed by atoms with Gasteiger partial charge in [0.15, 0.2) is 5.16 Å². The van der Waals surface area contributed by atoms with Gasteiger partial charge in [0.1, 0.15) is 0 Å². The molecule has 0 atom stereocenters. The van der Waals surface area contributed by atoms with Crippen molar-refractivity contribution in [2.75, 3.05) is 19.0 Å². The van der Waals surface area contributed by atoms with E-state index in [0.29, 0.717) is 22.5 Å². The smallest absolute Gasteiger partial charge is 0.413 e. The molecule has 0 unspecified atom stereocenters. The molecule has 134 valence electrons. The summed E-state index contributed by atoms with van der Waals surface area (Å²) in [7, 11) is 0. The van der Waals surface area contributed by atoms with E-state index in [4.69, 9.17) is 5.11 Å². The molecule has 0 saturated heterocycles. The van der Waals surface area contributed by atoms with Crippen molar-refractivity contribution >= 4 is 34.7 Å². The van der Waals surface area contributed by atoms with Crippen LogP contribution in [-0.2, 0) is 16.1 Å². The summed E-state index contributed by atoms with van der Waals surface area (Å²) in [6, 6.07) is 6.92. The minimum atomic E-state index is -0.808. The molecule has 8 nitrogen and oxygen atoms in total. The van der Waals surface area contributed by atoms with Gasteiger partial charge in [0.25, 0.3) is 5.56 Å². The number of carbonyl (C=O) groups excluding carboxylic acids is 2. The monoisotopic (exact) mass is 365 g/mol. The van der Waals surface area contributed by atoms with E-state index in [1.807, 2.05) is 0 Å². The molecule has 0 spiro atoms. The second kappa shape index (κ2) is 9.19. The number of imide groups is 1. The van der Waals surface area contributed by atoms with Gasteiger partial charge in [-0.15, -0.1) is 0 Å². The summed E-state index contributed by atoms with van der Waals surface area (Å²) in [5.41, 5.74) is 0.299. The highest BCUT2D eigenvalue weighted by molar-refractivity contribution is 7.99. The number of rotatable bonds is 7. The molecule has 0 aliphatic heterocycles. The van der Waals surface area contributed by atoms with Crippen molar-refractivity contribution < 1.29 is 19.4 Å². The van der Waals surface area contributed by atoms with E-state index >= 15 is 0 Å². The molecule has 0 aliphatic carbocycles. The van der Waals surface area contributed by atoms with Gasteiger partial charge in [-0.2, -0.15) is 0 Å². The number of benzene rings is 1. The SMILES string of the molecule is CCOC(=O)NC(=O)CSc1nc2ccccc2c(=O)n1CCCO. The first-order valence-electron chi connectivity index (χ1n) is 7.76. The maximum atomic E-state index is 12.6. The molecule has 0 saturated carbocycles. The molecule has 9 heteroatoms. The van der Waals surface area contributed by atoms with Crippen molar-refractivity contribution in [3.8, 4) is 0 Å². The minimum Gasteiger partial charge on any atom is -0.450 e. The Morgan fingerprint density at radius 2 is 2.12 bits per heavy atom. The lowest BCUT2D eigenvalue weighted by molar-refractivity contribution is -0.117. The van der Waals surface area contributed by atoms with Crippen LogP contribution in [0.5, 0.6) is 0 Å². The van der Waals surface area contributed by atoms with Crippen LogP contribution in [0.2, 0.25) is 0 Å². The van der Waals surface area contributed by atoms with Crippen LogP contribution in [0.4, 0.5) is 4.79 Å². The van der Waals surface area contributed by atoms with Crippen LogP contribution in [0.3, 0.4) is 0 Å². The van der Waals surface area contributed by atoms with E-state index < -0.39 is 12.0 Å². The van der Waals surface area contributed by atoms with E-state index in [0.717, 1.165) is 11.8 Å². The average molecular weight is 365 g/mol. The van der Waals surface area contributed by atoms with Gasteiger partial charge >= 0.3 is 6.09 Å². The first kappa shape index (κ1) is 18.9. The number of para-hydroxylation sites is 1. The lowest BCUT2D eigenvalue weighted by Gasteiger charge is -2.12. The Bertz CT molecular complexity index is 821. The van der Waals surface area contributed by atoms with Gasteiger partial charge in [-0.05, 0) is 25.5 Å². The molecule has 2 N–H and O–H groups in total. The van der Waals surface area contributed by atoms with E-state index in [1.54, 1.807) is 31.2 Å². The standard InChI is InChI=1S/C16H19N3O5S/c1-2-24-16(23)18-13(21)10-25-15-17-12-7-4-3-6-11(12)14(22)19(15)8-5-9-20/h3-4,6-7,20H,2,5,8-10H2,1H3,(H,18,21,23). The Hall–Kier alpha value is -2.39. The molecule has 0 aliphatic rings. The van der Waals surface area contributed by atoms with Crippen LogP contribution in [0.15, 0.2) is 34.2 Å². The van der Waals surface area contributed by atoms with Crippen molar-refractivity contribution in [3.63, 3.8) is 0 Å². The highest BCUT2D eigenvalue weighted by atomic mass is 32.2.